The number of benzene rings is 2. The summed E-state index contributed by atoms with van der Waals surface area (Å²) < 4.78 is 63.4. The average Bonchev–Trinajstić information content (AvgIpc) is 3.00. The molecular formula is C18H15F3N2O2S. The Kier molecular flexibility index (Phi) is 4.39. The van der Waals surface area contributed by atoms with Crippen LogP contribution in [0.1, 0.15) is 11.3 Å². The van der Waals surface area contributed by atoms with Gasteiger partial charge in [0, 0.05) is 17.4 Å². The zero-order chi connectivity index (χ0) is 19.1. The summed E-state index contributed by atoms with van der Waals surface area (Å²) in [5, 5.41) is 5.93. The van der Waals surface area contributed by atoms with Crippen molar-refractivity contribution in [2.45, 2.75) is 18.0 Å². The number of aryl methyl sites for hydroxylation is 1. The topological polar surface area (TPSA) is 62.8 Å². The van der Waals surface area contributed by atoms with E-state index in [2.05, 4.69) is 10.2 Å². The van der Waals surface area contributed by atoms with Gasteiger partial charge in [0.25, 0.3) is 0 Å². The number of alkyl halides is 3. The summed E-state index contributed by atoms with van der Waals surface area (Å²) in [5.41, 5.74) is 0.790. The molecule has 2 aromatic carbocycles. The number of nitrogens with one attached hydrogen (secondary N) is 1. The van der Waals surface area contributed by atoms with Crippen LogP contribution in [-0.2, 0) is 16.0 Å². The number of halogens is 3. The Hall–Kier alpha value is -2.61. The first kappa shape index (κ1) is 18.2. The van der Waals surface area contributed by atoms with E-state index < -0.39 is 21.7 Å². The first-order chi connectivity index (χ1) is 12.1. The number of sulfone groups is 1. The number of aromatic nitrogens is 2. The summed E-state index contributed by atoms with van der Waals surface area (Å²) in [5.74, 6) is 0. The third-order valence-electron chi connectivity index (χ3n) is 3.95. The average molecular weight is 380 g/mol. The lowest BCUT2D eigenvalue weighted by atomic mass is 9.98. The van der Waals surface area contributed by atoms with Crippen molar-refractivity contribution in [2.24, 2.45) is 0 Å². The van der Waals surface area contributed by atoms with E-state index >= 15 is 0 Å². The molecule has 0 aliphatic rings. The molecule has 3 aromatic rings. The van der Waals surface area contributed by atoms with E-state index in [1.807, 2.05) is 6.92 Å². The number of nitrogens with zero attached hydrogens (tertiary/aromatic N) is 1. The molecule has 0 radical (unpaired) electrons. The second-order valence-corrected chi connectivity index (χ2v) is 8.00. The molecule has 1 N–H and O–H groups in total. The molecule has 0 atom stereocenters. The highest BCUT2D eigenvalue weighted by Gasteiger charge is 2.38. The molecule has 1 heterocycles. The lowest BCUT2D eigenvalue weighted by molar-refractivity contribution is -0.140. The maximum absolute atomic E-state index is 13.4. The van der Waals surface area contributed by atoms with Crippen molar-refractivity contribution in [3.63, 3.8) is 0 Å². The number of aromatic amines is 1. The quantitative estimate of drug-likeness (QED) is 0.729. The summed E-state index contributed by atoms with van der Waals surface area (Å²) >= 11 is 0. The van der Waals surface area contributed by atoms with Crippen molar-refractivity contribution in [3.8, 4) is 22.4 Å². The Balaban J connectivity index is 2.19. The van der Waals surface area contributed by atoms with Gasteiger partial charge in [0.05, 0.1) is 4.90 Å². The molecule has 0 aliphatic carbocycles. The molecule has 0 saturated heterocycles. The highest BCUT2D eigenvalue weighted by molar-refractivity contribution is 7.90. The van der Waals surface area contributed by atoms with E-state index in [0.29, 0.717) is 11.1 Å². The predicted octanol–water partition coefficient (Wildman–Crippen LogP) is 4.47. The van der Waals surface area contributed by atoms with Gasteiger partial charge in [-0.3, -0.25) is 5.10 Å². The SMILES string of the molecule is Cc1ccc(-c2c(-c3ccc(S(C)(=O)=O)cc3)n[nH]c2C(F)(F)F)cc1. The Bertz CT molecular complexity index is 1040. The lowest BCUT2D eigenvalue weighted by Crippen LogP contribution is -2.07. The second kappa shape index (κ2) is 6.28. The summed E-state index contributed by atoms with van der Waals surface area (Å²) in [4.78, 5) is 0.0877. The highest BCUT2D eigenvalue weighted by Crippen LogP contribution is 2.41. The van der Waals surface area contributed by atoms with Crippen LogP contribution >= 0.6 is 0 Å². The van der Waals surface area contributed by atoms with Crippen molar-refractivity contribution in [3.05, 3.63) is 59.8 Å². The molecule has 1 aromatic heterocycles. The van der Waals surface area contributed by atoms with E-state index in [4.69, 9.17) is 0 Å². The smallest absolute Gasteiger partial charge is 0.272 e. The van der Waals surface area contributed by atoms with Crippen molar-refractivity contribution in [2.75, 3.05) is 6.26 Å². The van der Waals surface area contributed by atoms with Gasteiger partial charge in [0.1, 0.15) is 11.4 Å². The van der Waals surface area contributed by atoms with Gasteiger partial charge in [0.2, 0.25) is 0 Å². The van der Waals surface area contributed by atoms with Gasteiger partial charge in [-0.15, -0.1) is 0 Å². The Labute approximate surface area is 148 Å². The van der Waals surface area contributed by atoms with Gasteiger partial charge in [-0.25, -0.2) is 8.42 Å². The molecule has 0 bridgehead atoms. The van der Waals surface area contributed by atoms with E-state index in [1.165, 1.54) is 24.3 Å². The first-order valence-corrected chi connectivity index (χ1v) is 9.49. The fourth-order valence-corrected chi connectivity index (χ4v) is 3.25. The molecule has 0 aliphatic heterocycles. The minimum atomic E-state index is -4.60. The van der Waals surface area contributed by atoms with Gasteiger partial charge in [-0.05, 0) is 24.6 Å². The Morgan fingerprint density at radius 3 is 1.96 bits per heavy atom. The molecule has 0 unspecified atom stereocenters. The molecule has 4 nitrogen and oxygen atoms in total. The standard InChI is InChI=1S/C18H15F3N2O2S/c1-11-3-5-12(6-4-11)15-16(22-23-17(15)18(19,20)21)13-7-9-14(10-8-13)26(2,24)25/h3-10H,1-2H3,(H,22,23). The number of H-pyrrole nitrogens is 1. The fourth-order valence-electron chi connectivity index (χ4n) is 2.62. The predicted molar refractivity (Wildman–Crippen MR) is 92.3 cm³/mol. The van der Waals surface area contributed by atoms with Crippen molar-refractivity contribution < 1.29 is 21.6 Å². The third kappa shape index (κ3) is 3.50. The van der Waals surface area contributed by atoms with Gasteiger partial charge in [0.15, 0.2) is 9.84 Å². The molecule has 26 heavy (non-hydrogen) atoms. The van der Waals surface area contributed by atoms with Crippen LogP contribution in [-0.4, -0.2) is 24.9 Å². The summed E-state index contributed by atoms with van der Waals surface area (Å²) in [7, 11) is -3.40. The molecule has 0 saturated carbocycles. The van der Waals surface area contributed by atoms with Crippen molar-refractivity contribution in [1.29, 1.82) is 0 Å². The maximum Gasteiger partial charge on any atom is 0.433 e. The highest BCUT2D eigenvalue weighted by atomic mass is 32.2. The summed E-state index contributed by atoms with van der Waals surface area (Å²) in [6.07, 6.45) is -3.53. The largest absolute Gasteiger partial charge is 0.433 e. The second-order valence-electron chi connectivity index (χ2n) is 5.98. The molecule has 0 fully saturated rings. The Morgan fingerprint density at radius 1 is 0.923 bits per heavy atom. The van der Waals surface area contributed by atoms with Crippen LogP contribution in [0, 0.1) is 6.92 Å². The van der Waals surface area contributed by atoms with Crippen LogP contribution in [0.25, 0.3) is 22.4 Å². The monoisotopic (exact) mass is 380 g/mol. The van der Waals surface area contributed by atoms with Crippen LogP contribution in [0.5, 0.6) is 0 Å². The van der Waals surface area contributed by atoms with Crippen LogP contribution < -0.4 is 0 Å². The first-order valence-electron chi connectivity index (χ1n) is 7.60. The zero-order valence-corrected chi connectivity index (χ0v) is 14.7. The number of hydrogen-bond donors (Lipinski definition) is 1. The lowest BCUT2D eigenvalue weighted by Gasteiger charge is -2.10. The Morgan fingerprint density at radius 2 is 1.46 bits per heavy atom. The number of rotatable bonds is 3. The molecule has 8 heteroatoms. The summed E-state index contributed by atoms with van der Waals surface area (Å²) in [6, 6.07) is 12.2. The zero-order valence-electron chi connectivity index (χ0n) is 13.9. The summed E-state index contributed by atoms with van der Waals surface area (Å²) in [6.45, 7) is 1.84. The molecule has 0 amide bonds. The van der Waals surface area contributed by atoms with E-state index in [0.717, 1.165) is 11.8 Å². The van der Waals surface area contributed by atoms with Crippen molar-refractivity contribution >= 4 is 9.84 Å². The van der Waals surface area contributed by atoms with Crippen LogP contribution in [0.4, 0.5) is 13.2 Å². The normalized spacial score (nSPS) is 12.3. The molecule has 3 rings (SSSR count). The molecule has 0 spiro atoms. The van der Waals surface area contributed by atoms with Crippen LogP contribution in [0.2, 0.25) is 0 Å². The number of hydrogen-bond acceptors (Lipinski definition) is 3. The molecule has 136 valence electrons. The van der Waals surface area contributed by atoms with Gasteiger partial charge in [-0.1, -0.05) is 42.0 Å². The van der Waals surface area contributed by atoms with Gasteiger partial charge >= 0.3 is 6.18 Å². The van der Waals surface area contributed by atoms with Crippen LogP contribution in [0.3, 0.4) is 0 Å². The maximum atomic E-state index is 13.4. The van der Waals surface area contributed by atoms with E-state index in [-0.39, 0.29) is 16.2 Å². The van der Waals surface area contributed by atoms with Crippen molar-refractivity contribution in [1.82, 2.24) is 10.2 Å². The minimum Gasteiger partial charge on any atom is -0.272 e. The van der Waals surface area contributed by atoms with Crippen LogP contribution in [0.15, 0.2) is 53.4 Å². The fraction of sp³-hybridized carbons (Fsp3) is 0.167. The third-order valence-corrected chi connectivity index (χ3v) is 5.07. The van der Waals surface area contributed by atoms with Gasteiger partial charge < -0.3 is 0 Å². The minimum absolute atomic E-state index is 0.0652. The van der Waals surface area contributed by atoms with E-state index in [1.54, 1.807) is 24.3 Å². The van der Waals surface area contributed by atoms with E-state index in [9.17, 15) is 21.6 Å². The molecular weight excluding hydrogens is 365 g/mol. The van der Waals surface area contributed by atoms with Gasteiger partial charge in [-0.2, -0.15) is 18.3 Å².